The summed E-state index contributed by atoms with van der Waals surface area (Å²) in [6.45, 7) is 1.95. The average Bonchev–Trinajstić information content (AvgIpc) is 2.89. The number of rotatable bonds is 2. The second kappa shape index (κ2) is 5.15. The lowest BCUT2D eigenvalue weighted by molar-refractivity contribution is 0.514. The van der Waals surface area contributed by atoms with Gasteiger partial charge in [-0.15, -0.1) is 0 Å². The third kappa shape index (κ3) is 2.24. The second-order valence-electron chi connectivity index (χ2n) is 4.72. The van der Waals surface area contributed by atoms with Crippen molar-refractivity contribution in [2.75, 3.05) is 5.32 Å². The smallest absolute Gasteiger partial charge is 0.223 e. The molecule has 0 amide bonds. The Hall–Kier alpha value is -2.45. The molecule has 2 heterocycles. The third-order valence-electron chi connectivity index (χ3n) is 3.42. The van der Waals surface area contributed by atoms with E-state index in [0.29, 0.717) is 40.3 Å². The number of nitriles is 1. The van der Waals surface area contributed by atoms with Crippen molar-refractivity contribution in [2.45, 2.75) is 19.3 Å². The SMILES string of the molecule is CCc1nc2c(o1)NC(N)=C(C#N)[C@H]2c1ccc(Cl)cc1. The van der Waals surface area contributed by atoms with Crippen molar-refractivity contribution in [3.05, 3.63) is 57.8 Å². The first-order chi connectivity index (χ1) is 10.1. The summed E-state index contributed by atoms with van der Waals surface area (Å²) < 4.78 is 5.62. The molecule has 0 spiro atoms. The largest absolute Gasteiger partial charge is 0.425 e. The standard InChI is InChI=1S/C15H13ClN4O/c1-2-11-19-13-12(8-3-5-9(16)6-4-8)10(7-17)14(18)20-15(13)21-11/h3-6,12,20H,2,18H2,1H3/t12-/m1/s1. The van der Waals surface area contributed by atoms with Crippen LogP contribution >= 0.6 is 11.6 Å². The maximum Gasteiger partial charge on any atom is 0.223 e. The van der Waals surface area contributed by atoms with Gasteiger partial charge in [-0.05, 0) is 17.7 Å². The first-order valence-electron chi connectivity index (χ1n) is 6.55. The highest BCUT2D eigenvalue weighted by Gasteiger charge is 2.33. The molecule has 1 atom stereocenters. The molecule has 0 saturated heterocycles. The molecule has 1 aromatic heterocycles. The number of fused-ring (bicyclic) bond motifs is 1. The van der Waals surface area contributed by atoms with Crippen molar-refractivity contribution in [1.29, 1.82) is 5.26 Å². The number of nitrogens with one attached hydrogen (secondary N) is 1. The number of halogens is 1. The summed E-state index contributed by atoms with van der Waals surface area (Å²) in [5.41, 5.74) is 7.96. The molecule has 0 saturated carbocycles. The second-order valence-corrected chi connectivity index (χ2v) is 5.16. The van der Waals surface area contributed by atoms with Crippen molar-refractivity contribution in [3.63, 3.8) is 0 Å². The van der Waals surface area contributed by atoms with Gasteiger partial charge in [-0.25, -0.2) is 4.98 Å². The van der Waals surface area contributed by atoms with Crippen molar-refractivity contribution in [3.8, 4) is 6.07 Å². The summed E-state index contributed by atoms with van der Waals surface area (Å²) in [7, 11) is 0. The van der Waals surface area contributed by atoms with Gasteiger partial charge in [0.15, 0.2) is 5.89 Å². The van der Waals surface area contributed by atoms with Crippen molar-refractivity contribution in [2.24, 2.45) is 5.73 Å². The van der Waals surface area contributed by atoms with Crippen LogP contribution in [0.2, 0.25) is 5.02 Å². The highest BCUT2D eigenvalue weighted by molar-refractivity contribution is 6.30. The first-order valence-corrected chi connectivity index (χ1v) is 6.93. The predicted octanol–water partition coefficient (Wildman–Crippen LogP) is 3.14. The molecule has 0 bridgehead atoms. The number of anilines is 1. The zero-order valence-electron chi connectivity index (χ0n) is 11.4. The lowest BCUT2D eigenvalue weighted by Crippen LogP contribution is -2.22. The Balaban J connectivity index is 2.17. The number of hydrogen-bond donors (Lipinski definition) is 2. The maximum absolute atomic E-state index is 9.43. The number of oxazole rings is 1. The Bertz CT molecular complexity index is 755. The molecule has 3 N–H and O–H groups in total. The molecule has 0 radical (unpaired) electrons. The summed E-state index contributed by atoms with van der Waals surface area (Å²) in [5.74, 6) is 1.07. The van der Waals surface area contributed by atoms with E-state index in [1.54, 1.807) is 12.1 Å². The molecule has 1 aliphatic rings. The molecule has 0 fully saturated rings. The van der Waals surface area contributed by atoms with Crippen LogP contribution in [0, 0.1) is 11.3 Å². The molecule has 1 aromatic carbocycles. The third-order valence-corrected chi connectivity index (χ3v) is 3.68. The van der Waals surface area contributed by atoms with Gasteiger partial charge >= 0.3 is 0 Å². The number of nitrogens with zero attached hydrogens (tertiary/aromatic N) is 2. The summed E-state index contributed by atoms with van der Waals surface area (Å²) in [5, 5.41) is 13.0. The highest BCUT2D eigenvalue weighted by atomic mass is 35.5. The van der Waals surface area contributed by atoms with E-state index in [1.165, 1.54) is 0 Å². The summed E-state index contributed by atoms with van der Waals surface area (Å²) >= 11 is 5.93. The monoisotopic (exact) mass is 300 g/mol. The van der Waals surface area contributed by atoms with E-state index in [0.717, 1.165) is 5.56 Å². The molecule has 1 aliphatic heterocycles. The molecule has 6 heteroatoms. The Morgan fingerprint density at radius 3 is 2.76 bits per heavy atom. The molecular weight excluding hydrogens is 288 g/mol. The average molecular weight is 301 g/mol. The van der Waals surface area contributed by atoms with Gasteiger partial charge in [0.05, 0.1) is 17.6 Å². The van der Waals surface area contributed by atoms with Gasteiger partial charge in [-0.1, -0.05) is 30.7 Å². The minimum absolute atomic E-state index is 0.295. The van der Waals surface area contributed by atoms with Crippen LogP contribution in [0.25, 0.3) is 0 Å². The van der Waals surface area contributed by atoms with E-state index in [4.69, 9.17) is 21.8 Å². The van der Waals surface area contributed by atoms with Crippen LogP contribution in [0.1, 0.15) is 30.0 Å². The van der Waals surface area contributed by atoms with Crippen molar-refractivity contribution in [1.82, 2.24) is 4.98 Å². The molecule has 106 valence electrons. The van der Waals surface area contributed by atoms with Gasteiger partial charge in [-0.3, -0.25) is 0 Å². The van der Waals surface area contributed by atoms with Crippen molar-refractivity contribution < 1.29 is 4.42 Å². The Labute approximate surface area is 127 Å². The van der Waals surface area contributed by atoms with Crippen LogP contribution in [0.3, 0.4) is 0 Å². The lowest BCUT2D eigenvalue weighted by Gasteiger charge is -2.22. The van der Waals surface area contributed by atoms with E-state index < -0.39 is 0 Å². The molecule has 0 aliphatic carbocycles. The number of nitrogens with two attached hydrogens (primary N) is 1. The van der Waals surface area contributed by atoms with Crippen molar-refractivity contribution >= 4 is 17.5 Å². The van der Waals surface area contributed by atoms with Crippen LogP contribution in [0.5, 0.6) is 0 Å². The first kappa shape index (κ1) is 13.5. The number of hydrogen-bond acceptors (Lipinski definition) is 5. The molecule has 5 nitrogen and oxygen atoms in total. The van der Waals surface area contributed by atoms with E-state index >= 15 is 0 Å². The predicted molar refractivity (Wildman–Crippen MR) is 79.6 cm³/mol. The molecule has 0 unspecified atom stereocenters. The van der Waals surface area contributed by atoms with E-state index in [1.807, 2.05) is 19.1 Å². The van der Waals surface area contributed by atoms with E-state index in [9.17, 15) is 5.26 Å². The minimum atomic E-state index is -0.340. The summed E-state index contributed by atoms with van der Waals surface area (Å²) in [4.78, 5) is 4.48. The zero-order chi connectivity index (χ0) is 15.0. The number of allylic oxidation sites excluding steroid dienone is 1. The Morgan fingerprint density at radius 2 is 2.14 bits per heavy atom. The Morgan fingerprint density at radius 1 is 1.43 bits per heavy atom. The van der Waals surface area contributed by atoms with Crippen LogP contribution in [-0.4, -0.2) is 4.98 Å². The zero-order valence-corrected chi connectivity index (χ0v) is 12.1. The highest BCUT2D eigenvalue weighted by Crippen LogP contribution is 2.40. The molecule has 21 heavy (non-hydrogen) atoms. The van der Waals surface area contributed by atoms with E-state index in [2.05, 4.69) is 16.4 Å². The lowest BCUT2D eigenvalue weighted by atomic mass is 9.87. The fourth-order valence-corrected chi connectivity index (χ4v) is 2.53. The normalized spacial score (nSPS) is 17.1. The van der Waals surface area contributed by atoms with E-state index in [-0.39, 0.29) is 5.92 Å². The fourth-order valence-electron chi connectivity index (χ4n) is 2.40. The minimum Gasteiger partial charge on any atom is -0.425 e. The molecule has 2 aromatic rings. The fraction of sp³-hybridized carbons (Fsp3) is 0.200. The Kier molecular flexibility index (Phi) is 3.32. The van der Waals surface area contributed by atoms with Gasteiger partial charge in [0.25, 0.3) is 0 Å². The number of benzene rings is 1. The van der Waals surface area contributed by atoms with Crippen LogP contribution in [0.15, 0.2) is 40.1 Å². The van der Waals surface area contributed by atoms with Gasteiger partial charge in [-0.2, -0.15) is 5.26 Å². The number of aryl methyl sites for hydroxylation is 1. The summed E-state index contributed by atoms with van der Waals surface area (Å²) in [6, 6.07) is 9.46. The van der Waals surface area contributed by atoms with Gasteiger partial charge in [0, 0.05) is 11.4 Å². The van der Waals surface area contributed by atoms with Crippen LogP contribution < -0.4 is 11.1 Å². The maximum atomic E-state index is 9.43. The quantitative estimate of drug-likeness (QED) is 0.889. The molecule has 3 rings (SSSR count). The van der Waals surface area contributed by atoms with Gasteiger partial charge in [0.2, 0.25) is 5.88 Å². The van der Waals surface area contributed by atoms with Gasteiger partial charge in [0.1, 0.15) is 11.5 Å². The topological polar surface area (TPSA) is 87.9 Å². The number of aromatic nitrogens is 1. The summed E-state index contributed by atoms with van der Waals surface area (Å²) in [6.07, 6.45) is 0.670. The van der Waals surface area contributed by atoms with Crippen LogP contribution in [0.4, 0.5) is 5.88 Å². The van der Waals surface area contributed by atoms with Crippen LogP contribution in [-0.2, 0) is 6.42 Å². The molecular formula is C15H13ClN4O. The van der Waals surface area contributed by atoms with Gasteiger partial charge < -0.3 is 15.5 Å².